The van der Waals surface area contributed by atoms with E-state index in [1.807, 2.05) is 31.2 Å². The molecular weight excluding hydrogens is 288 g/mol. The molecule has 2 aromatic carbocycles. The summed E-state index contributed by atoms with van der Waals surface area (Å²) >= 11 is 3.40. The van der Waals surface area contributed by atoms with Crippen molar-refractivity contribution in [1.29, 1.82) is 0 Å². The minimum Gasteiger partial charge on any atom is -0.384 e. The lowest BCUT2D eigenvalue weighted by Gasteiger charge is -2.16. The highest BCUT2D eigenvalue weighted by molar-refractivity contribution is 9.10. The van der Waals surface area contributed by atoms with Crippen LogP contribution in [-0.2, 0) is 0 Å². The van der Waals surface area contributed by atoms with Crippen LogP contribution in [0.15, 0.2) is 40.9 Å². The van der Waals surface area contributed by atoms with Crippen molar-refractivity contribution in [3.8, 4) is 0 Å². The lowest BCUT2D eigenvalue weighted by molar-refractivity contribution is 0.219. The van der Waals surface area contributed by atoms with E-state index >= 15 is 0 Å². The van der Waals surface area contributed by atoms with Crippen molar-refractivity contribution in [1.82, 2.24) is 0 Å². The van der Waals surface area contributed by atoms with Crippen LogP contribution >= 0.6 is 15.9 Å². The number of hydrogen-bond donors (Lipinski definition) is 1. The number of aliphatic hydroxyl groups excluding tert-OH is 1. The summed E-state index contributed by atoms with van der Waals surface area (Å²) < 4.78 is 1.02. The number of aliphatic hydroxyl groups is 1. The third kappa shape index (κ3) is 2.65. The highest BCUT2D eigenvalue weighted by atomic mass is 79.9. The zero-order chi connectivity index (χ0) is 13.3. The van der Waals surface area contributed by atoms with Gasteiger partial charge >= 0.3 is 0 Å². The average Bonchev–Trinajstić information content (AvgIpc) is 2.34. The van der Waals surface area contributed by atoms with Gasteiger partial charge < -0.3 is 5.11 Å². The van der Waals surface area contributed by atoms with Crippen molar-refractivity contribution in [3.63, 3.8) is 0 Å². The number of aryl methyl sites for hydroxylation is 3. The van der Waals surface area contributed by atoms with E-state index in [0.29, 0.717) is 0 Å². The van der Waals surface area contributed by atoms with Gasteiger partial charge in [-0.05, 0) is 60.7 Å². The van der Waals surface area contributed by atoms with Gasteiger partial charge in [0.25, 0.3) is 0 Å². The molecule has 0 aromatic heterocycles. The molecule has 0 heterocycles. The maximum Gasteiger partial charge on any atom is 0.104 e. The van der Waals surface area contributed by atoms with Crippen LogP contribution in [0.2, 0.25) is 0 Å². The molecule has 0 aliphatic carbocycles. The predicted molar refractivity (Wildman–Crippen MR) is 78.9 cm³/mol. The van der Waals surface area contributed by atoms with E-state index < -0.39 is 6.10 Å². The second-order valence-electron chi connectivity index (χ2n) is 4.75. The number of rotatable bonds is 2. The van der Waals surface area contributed by atoms with Crippen molar-refractivity contribution < 1.29 is 5.11 Å². The van der Waals surface area contributed by atoms with Crippen LogP contribution in [0.25, 0.3) is 0 Å². The van der Waals surface area contributed by atoms with E-state index in [2.05, 4.69) is 41.9 Å². The summed E-state index contributed by atoms with van der Waals surface area (Å²) in [7, 11) is 0. The molecule has 0 saturated carbocycles. The van der Waals surface area contributed by atoms with Gasteiger partial charge in [0.1, 0.15) is 6.10 Å². The summed E-state index contributed by atoms with van der Waals surface area (Å²) in [6.07, 6.45) is -0.558. The fourth-order valence-electron chi connectivity index (χ4n) is 2.10. The van der Waals surface area contributed by atoms with Gasteiger partial charge in [-0.1, -0.05) is 40.2 Å². The minimum atomic E-state index is -0.558. The van der Waals surface area contributed by atoms with Crippen molar-refractivity contribution in [2.45, 2.75) is 26.9 Å². The molecule has 0 spiro atoms. The van der Waals surface area contributed by atoms with Gasteiger partial charge in [-0.25, -0.2) is 0 Å². The first-order chi connectivity index (χ1) is 8.49. The normalized spacial score (nSPS) is 12.5. The highest BCUT2D eigenvalue weighted by Gasteiger charge is 2.13. The molecule has 0 aliphatic rings. The molecule has 94 valence electrons. The predicted octanol–water partition coefficient (Wildman–Crippen LogP) is 4.46. The molecule has 1 unspecified atom stereocenters. The molecule has 2 rings (SSSR count). The highest BCUT2D eigenvalue weighted by Crippen LogP contribution is 2.27. The summed E-state index contributed by atoms with van der Waals surface area (Å²) in [5.41, 5.74) is 5.52. The molecule has 1 N–H and O–H groups in total. The quantitative estimate of drug-likeness (QED) is 0.868. The van der Waals surface area contributed by atoms with E-state index in [4.69, 9.17) is 0 Å². The summed E-state index contributed by atoms with van der Waals surface area (Å²) in [6.45, 7) is 6.22. The molecule has 0 amide bonds. The van der Waals surface area contributed by atoms with Crippen LogP contribution in [0.5, 0.6) is 0 Å². The smallest absolute Gasteiger partial charge is 0.104 e. The van der Waals surface area contributed by atoms with Crippen LogP contribution in [-0.4, -0.2) is 5.11 Å². The summed E-state index contributed by atoms with van der Waals surface area (Å²) in [5, 5.41) is 10.5. The summed E-state index contributed by atoms with van der Waals surface area (Å²) in [5.74, 6) is 0. The maximum absolute atomic E-state index is 10.5. The Morgan fingerprint density at radius 3 is 2.06 bits per heavy atom. The Morgan fingerprint density at radius 2 is 1.44 bits per heavy atom. The molecule has 0 saturated heterocycles. The van der Waals surface area contributed by atoms with Gasteiger partial charge in [0.05, 0.1) is 0 Å². The van der Waals surface area contributed by atoms with Crippen molar-refractivity contribution in [2.24, 2.45) is 0 Å². The van der Waals surface area contributed by atoms with E-state index in [0.717, 1.165) is 21.2 Å². The van der Waals surface area contributed by atoms with E-state index in [-0.39, 0.29) is 0 Å². The van der Waals surface area contributed by atoms with Crippen molar-refractivity contribution in [2.75, 3.05) is 0 Å². The Bertz CT molecular complexity index is 558. The van der Waals surface area contributed by atoms with Gasteiger partial charge in [-0.2, -0.15) is 0 Å². The summed E-state index contributed by atoms with van der Waals surface area (Å²) in [4.78, 5) is 0. The third-order valence-electron chi connectivity index (χ3n) is 3.36. The Morgan fingerprint density at radius 1 is 0.889 bits per heavy atom. The number of hydrogen-bond acceptors (Lipinski definition) is 1. The Labute approximate surface area is 117 Å². The van der Waals surface area contributed by atoms with Crippen LogP contribution in [0.4, 0.5) is 0 Å². The van der Waals surface area contributed by atoms with Crippen LogP contribution in [0, 0.1) is 20.8 Å². The largest absolute Gasteiger partial charge is 0.384 e. The molecule has 2 heteroatoms. The first-order valence-corrected chi connectivity index (χ1v) is 6.79. The third-order valence-corrected chi connectivity index (χ3v) is 3.89. The van der Waals surface area contributed by atoms with Gasteiger partial charge in [0.2, 0.25) is 0 Å². The fraction of sp³-hybridized carbons (Fsp3) is 0.250. The van der Waals surface area contributed by atoms with Gasteiger partial charge in [0.15, 0.2) is 0 Å². The number of benzene rings is 2. The Balaban J connectivity index is 2.42. The standard InChI is InChI=1S/C16H17BrO/c1-10-8-12(3)15(9-11(10)2)16(18)13-4-6-14(17)7-5-13/h4-9,16,18H,1-3H3. The van der Waals surface area contributed by atoms with Crippen molar-refractivity contribution >= 4 is 15.9 Å². The Hall–Kier alpha value is -1.12. The topological polar surface area (TPSA) is 20.2 Å². The van der Waals surface area contributed by atoms with E-state index in [1.54, 1.807) is 0 Å². The average molecular weight is 305 g/mol. The van der Waals surface area contributed by atoms with E-state index in [1.165, 1.54) is 11.1 Å². The zero-order valence-electron chi connectivity index (χ0n) is 10.9. The lowest BCUT2D eigenvalue weighted by atomic mass is 9.94. The second-order valence-corrected chi connectivity index (χ2v) is 5.66. The zero-order valence-corrected chi connectivity index (χ0v) is 12.5. The van der Waals surface area contributed by atoms with E-state index in [9.17, 15) is 5.11 Å². The first-order valence-electron chi connectivity index (χ1n) is 6.00. The molecule has 2 aromatic rings. The lowest BCUT2D eigenvalue weighted by Crippen LogP contribution is -2.03. The molecular formula is C16H17BrO. The minimum absolute atomic E-state index is 0.558. The van der Waals surface area contributed by atoms with Gasteiger partial charge in [-0.15, -0.1) is 0 Å². The van der Waals surface area contributed by atoms with Crippen LogP contribution < -0.4 is 0 Å². The molecule has 0 aliphatic heterocycles. The van der Waals surface area contributed by atoms with Gasteiger partial charge in [-0.3, -0.25) is 0 Å². The SMILES string of the molecule is Cc1cc(C)c(C(O)c2ccc(Br)cc2)cc1C. The molecule has 1 nitrogen and oxygen atoms in total. The molecule has 18 heavy (non-hydrogen) atoms. The molecule has 0 fully saturated rings. The molecule has 0 bridgehead atoms. The van der Waals surface area contributed by atoms with Crippen LogP contribution in [0.3, 0.4) is 0 Å². The van der Waals surface area contributed by atoms with Gasteiger partial charge in [0, 0.05) is 4.47 Å². The maximum atomic E-state index is 10.5. The van der Waals surface area contributed by atoms with Crippen molar-refractivity contribution in [3.05, 3.63) is 68.7 Å². The molecule has 0 radical (unpaired) electrons. The number of halogens is 1. The first kappa shape index (κ1) is 13.3. The van der Waals surface area contributed by atoms with Crippen LogP contribution in [0.1, 0.15) is 33.9 Å². The molecule has 1 atom stereocenters. The monoisotopic (exact) mass is 304 g/mol. The Kier molecular flexibility index (Phi) is 3.88. The fourth-order valence-corrected chi connectivity index (χ4v) is 2.37. The summed E-state index contributed by atoms with van der Waals surface area (Å²) in [6, 6.07) is 12.0. The second kappa shape index (κ2) is 5.25.